The summed E-state index contributed by atoms with van der Waals surface area (Å²) < 4.78 is 0. The Morgan fingerprint density at radius 1 is 1.67 bits per heavy atom. The topological polar surface area (TPSA) is 63.8 Å². The highest BCUT2D eigenvalue weighted by Gasteiger charge is 1.99. The lowest BCUT2D eigenvalue weighted by atomic mass is 10.3. The summed E-state index contributed by atoms with van der Waals surface area (Å²) in [7, 11) is 0. The second-order valence-corrected chi connectivity index (χ2v) is 2.90. The molecule has 1 aromatic rings. The molecule has 0 aliphatic rings. The van der Waals surface area contributed by atoms with E-state index in [4.69, 9.17) is 5.73 Å². The molecule has 1 rings (SSSR count). The lowest BCUT2D eigenvalue weighted by Crippen LogP contribution is -2.25. The first-order chi connectivity index (χ1) is 5.72. The van der Waals surface area contributed by atoms with Crippen molar-refractivity contribution in [2.45, 2.75) is 19.9 Å². The molecule has 0 bridgehead atoms. The maximum atomic E-state index is 5.45. The highest BCUT2D eigenvalue weighted by molar-refractivity contribution is 5.35. The molecule has 1 heterocycles. The number of hydrogen-bond acceptors (Lipinski definition) is 4. The van der Waals surface area contributed by atoms with Crippen molar-refractivity contribution in [3.8, 4) is 0 Å². The van der Waals surface area contributed by atoms with Gasteiger partial charge in [-0.3, -0.25) is 0 Å². The third-order valence-corrected chi connectivity index (χ3v) is 1.54. The number of aryl methyl sites for hydroxylation is 1. The Hall–Kier alpha value is -1.16. The van der Waals surface area contributed by atoms with Crippen molar-refractivity contribution in [3.63, 3.8) is 0 Å². The van der Waals surface area contributed by atoms with Gasteiger partial charge in [0.05, 0.1) is 6.20 Å². The van der Waals surface area contributed by atoms with Crippen molar-refractivity contribution in [1.82, 2.24) is 10.2 Å². The van der Waals surface area contributed by atoms with Crippen molar-refractivity contribution in [3.05, 3.63) is 17.8 Å². The van der Waals surface area contributed by atoms with E-state index in [-0.39, 0.29) is 6.04 Å². The normalized spacial score (nSPS) is 12.6. The molecule has 0 saturated carbocycles. The van der Waals surface area contributed by atoms with E-state index in [1.165, 1.54) is 0 Å². The molecule has 0 aromatic carbocycles. The van der Waals surface area contributed by atoms with Gasteiger partial charge in [0.1, 0.15) is 5.82 Å². The molecule has 0 amide bonds. The van der Waals surface area contributed by atoms with Gasteiger partial charge in [0.25, 0.3) is 0 Å². The van der Waals surface area contributed by atoms with Crippen LogP contribution >= 0.6 is 0 Å². The first-order valence-corrected chi connectivity index (χ1v) is 3.98. The second-order valence-electron chi connectivity index (χ2n) is 2.90. The SMILES string of the molecule is Cc1cnnc(NC(C)CN)c1. The molecule has 0 aliphatic heterocycles. The van der Waals surface area contributed by atoms with Crippen LogP contribution in [-0.4, -0.2) is 22.8 Å². The smallest absolute Gasteiger partial charge is 0.149 e. The molecule has 1 atom stereocenters. The van der Waals surface area contributed by atoms with Gasteiger partial charge < -0.3 is 11.1 Å². The molecule has 0 saturated heterocycles. The summed E-state index contributed by atoms with van der Waals surface area (Å²) in [5, 5.41) is 10.9. The van der Waals surface area contributed by atoms with Crippen LogP contribution in [0, 0.1) is 6.92 Å². The third kappa shape index (κ3) is 2.47. The first-order valence-electron chi connectivity index (χ1n) is 3.98. The Labute approximate surface area is 72.2 Å². The highest BCUT2D eigenvalue weighted by Crippen LogP contribution is 2.04. The zero-order chi connectivity index (χ0) is 8.97. The number of nitrogens with two attached hydrogens (primary N) is 1. The molecule has 3 N–H and O–H groups in total. The predicted molar refractivity (Wildman–Crippen MR) is 48.9 cm³/mol. The zero-order valence-corrected chi connectivity index (χ0v) is 7.41. The summed E-state index contributed by atoms with van der Waals surface area (Å²) in [6.07, 6.45) is 1.72. The first kappa shape index (κ1) is 8.93. The quantitative estimate of drug-likeness (QED) is 0.688. The van der Waals surface area contributed by atoms with E-state index < -0.39 is 0 Å². The summed E-state index contributed by atoms with van der Waals surface area (Å²) >= 11 is 0. The summed E-state index contributed by atoms with van der Waals surface area (Å²) in [6.45, 7) is 4.58. The maximum Gasteiger partial charge on any atom is 0.149 e. The van der Waals surface area contributed by atoms with E-state index in [9.17, 15) is 0 Å². The molecule has 1 unspecified atom stereocenters. The molecular formula is C8H14N4. The van der Waals surface area contributed by atoms with Crippen LogP contribution in [0.3, 0.4) is 0 Å². The van der Waals surface area contributed by atoms with E-state index in [1.54, 1.807) is 6.20 Å². The van der Waals surface area contributed by atoms with Crippen molar-refractivity contribution in [2.24, 2.45) is 5.73 Å². The van der Waals surface area contributed by atoms with Gasteiger partial charge in [-0.2, -0.15) is 5.10 Å². The van der Waals surface area contributed by atoms with E-state index in [1.807, 2.05) is 19.9 Å². The predicted octanol–water partition coefficient (Wildman–Crippen LogP) is 0.544. The van der Waals surface area contributed by atoms with E-state index in [0.717, 1.165) is 11.4 Å². The van der Waals surface area contributed by atoms with Crippen LogP contribution in [0.1, 0.15) is 12.5 Å². The second kappa shape index (κ2) is 4.01. The molecule has 0 aliphatic carbocycles. The number of hydrogen-bond donors (Lipinski definition) is 2. The van der Waals surface area contributed by atoms with Gasteiger partial charge in [-0.05, 0) is 25.5 Å². The molecule has 4 nitrogen and oxygen atoms in total. The van der Waals surface area contributed by atoms with Crippen LogP contribution in [0.2, 0.25) is 0 Å². The average molecular weight is 166 g/mol. The van der Waals surface area contributed by atoms with Gasteiger partial charge in [0, 0.05) is 12.6 Å². The number of rotatable bonds is 3. The summed E-state index contributed by atoms with van der Waals surface area (Å²) in [4.78, 5) is 0. The van der Waals surface area contributed by atoms with Crippen LogP contribution in [0.4, 0.5) is 5.82 Å². The fourth-order valence-electron chi connectivity index (χ4n) is 0.846. The van der Waals surface area contributed by atoms with Crippen LogP contribution < -0.4 is 11.1 Å². The highest BCUT2D eigenvalue weighted by atomic mass is 15.2. The Morgan fingerprint density at radius 2 is 2.42 bits per heavy atom. The van der Waals surface area contributed by atoms with Crippen LogP contribution in [0.5, 0.6) is 0 Å². The molecular weight excluding hydrogens is 152 g/mol. The van der Waals surface area contributed by atoms with Gasteiger partial charge in [0.2, 0.25) is 0 Å². The summed E-state index contributed by atoms with van der Waals surface area (Å²) in [5.41, 5.74) is 6.54. The lowest BCUT2D eigenvalue weighted by Gasteiger charge is -2.10. The van der Waals surface area contributed by atoms with E-state index >= 15 is 0 Å². The van der Waals surface area contributed by atoms with Gasteiger partial charge in [-0.15, -0.1) is 5.10 Å². The molecule has 12 heavy (non-hydrogen) atoms. The molecule has 0 radical (unpaired) electrons. The summed E-state index contributed by atoms with van der Waals surface area (Å²) in [6, 6.07) is 2.18. The Morgan fingerprint density at radius 3 is 3.00 bits per heavy atom. The largest absolute Gasteiger partial charge is 0.365 e. The Balaban J connectivity index is 2.63. The van der Waals surface area contributed by atoms with Crippen molar-refractivity contribution in [2.75, 3.05) is 11.9 Å². The Kier molecular flexibility index (Phi) is 2.99. The number of nitrogens with one attached hydrogen (secondary N) is 1. The fourth-order valence-corrected chi connectivity index (χ4v) is 0.846. The number of anilines is 1. The minimum atomic E-state index is 0.237. The third-order valence-electron chi connectivity index (χ3n) is 1.54. The van der Waals surface area contributed by atoms with Crippen molar-refractivity contribution < 1.29 is 0 Å². The van der Waals surface area contributed by atoms with Crippen molar-refractivity contribution >= 4 is 5.82 Å². The van der Waals surface area contributed by atoms with Crippen LogP contribution in [0.25, 0.3) is 0 Å². The molecule has 1 aromatic heterocycles. The van der Waals surface area contributed by atoms with E-state index in [2.05, 4.69) is 15.5 Å². The standard InChI is InChI=1S/C8H14N4/c1-6-3-8(12-10-5-6)11-7(2)4-9/h3,5,7H,4,9H2,1-2H3,(H,11,12). The maximum absolute atomic E-state index is 5.45. The van der Waals surface area contributed by atoms with Gasteiger partial charge >= 0.3 is 0 Å². The molecule has 0 fully saturated rings. The monoisotopic (exact) mass is 166 g/mol. The fraction of sp³-hybridized carbons (Fsp3) is 0.500. The van der Waals surface area contributed by atoms with E-state index in [0.29, 0.717) is 6.54 Å². The van der Waals surface area contributed by atoms with Gasteiger partial charge in [-0.1, -0.05) is 0 Å². The van der Waals surface area contributed by atoms with Crippen molar-refractivity contribution in [1.29, 1.82) is 0 Å². The van der Waals surface area contributed by atoms with Crippen LogP contribution in [0.15, 0.2) is 12.3 Å². The van der Waals surface area contributed by atoms with Gasteiger partial charge in [0.15, 0.2) is 0 Å². The molecule has 0 spiro atoms. The minimum Gasteiger partial charge on any atom is -0.365 e. The number of aromatic nitrogens is 2. The van der Waals surface area contributed by atoms with Gasteiger partial charge in [-0.25, -0.2) is 0 Å². The zero-order valence-electron chi connectivity index (χ0n) is 7.41. The Bertz CT molecular complexity index is 249. The molecule has 66 valence electrons. The lowest BCUT2D eigenvalue weighted by molar-refractivity contribution is 0.791. The average Bonchev–Trinajstić information content (AvgIpc) is 2.04. The summed E-state index contributed by atoms with van der Waals surface area (Å²) in [5.74, 6) is 0.785. The van der Waals surface area contributed by atoms with Crippen LogP contribution in [-0.2, 0) is 0 Å². The molecule has 4 heteroatoms. The number of nitrogens with zero attached hydrogens (tertiary/aromatic N) is 2. The minimum absolute atomic E-state index is 0.237.